The molecule has 4 rings (SSSR count). The summed E-state index contributed by atoms with van der Waals surface area (Å²) in [6, 6.07) is 19.8. The molecule has 1 saturated carbocycles. The molecule has 2 aromatic rings. The molecule has 4 nitrogen and oxygen atoms in total. The van der Waals surface area contributed by atoms with E-state index in [1.54, 1.807) is 6.08 Å². The molecule has 0 radical (unpaired) electrons. The molecule has 1 aliphatic carbocycles. The molecule has 2 atom stereocenters. The molecule has 29 heavy (non-hydrogen) atoms. The second-order valence-electron chi connectivity index (χ2n) is 8.25. The van der Waals surface area contributed by atoms with Crippen molar-refractivity contribution in [2.24, 2.45) is 5.92 Å². The molecule has 2 aliphatic rings. The summed E-state index contributed by atoms with van der Waals surface area (Å²) in [7, 11) is 0. The van der Waals surface area contributed by atoms with E-state index >= 15 is 0 Å². The van der Waals surface area contributed by atoms with Crippen LogP contribution < -0.4 is 10.2 Å². The number of aliphatic hydroxyl groups excluding tert-OH is 1. The maximum atomic E-state index is 11.2. The Labute approximate surface area is 173 Å². The molecule has 2 aromatic carbocycles. The van der Waals surface area contributed by atoms with Crippen LogP contribution >= 0.6 is 0 Å². The highest BCUT2D eigenvalue weighted by atomic mass is 16.3. The molecule has 4 heteroatoms. The molecule has 0 amide bonds. The van der Waals surface area contributed by atoms with Crippen LogP contribution in [0.3, 0.4) is 0 Å². The number of piperidine rings is 1. The van der Waals surface area contributed by atoms with Gasteiger partial charge in [0.25, 0.3) is 0 Å². The Bertz CT molecular complexity index is 824. The summed E-state index contributed by atoms with van der Waals surface area (Å²) < 4.78 is 0. The molecule has 1 aliphatic heterocycles. The first-order valence-electron chi connectivity index (χ1n) is 10.7. The largest absolute Gasteiger partial charge is 0.388 e. The van der Waals surface area contributed by atoms with Crippen LogP contribution in [-0.2, 0) is 4.79 Å². The Balaban J connectivity index is 1.20. The van der Waals surface area contributed by atoms with Crippen molar-refractivity contribution in [2.75, 3.05) is 31.1 Å². The zero-order valence-corrected chi connectivity index (χ0v) is 16.8. The molecule has 2 N–H and O–H groups in total. The molecule has 152 valence electrons. The zero-order chi connectivity index (χ0) is 20.1. The third-order valence-electron chi connectivity index (χ3n) is 6.18. The van der Waals surface area contributed by atoms with Gasteiger partial charge in [-0.05, 0) is 61.1 Å². The fraction of sp³-hybridized carbons (Fsp3) is 0.400. The number of ketones is 1. The zero-order valence-electron chi connectivity index (χ0n) is 16.8. The van der Waals surface area contributed by atoms with Gasteiger partial charge in [0.05, 0.1) is 0 Å². The van der Waals surface area contributed by atoms with Crippen molar-refractivity contribution in [3.63, 3.8) is 0 Å². The number of aliphatic hydroxyl groups is 1. The fourth-order valence-corrected chi connectivity index (χ4v) is 4.24. The molecule has 0 bridgehead atoms. The highest BCUT2D eigenvalue weighted by molar-refractivity contribution is 5.94. The van der Waals surface area contributed by atoms with Crippen LogP contribution in [-0.4, -0.2) is 43.2 Å². The van der Waals surface area contributed by atoms with Crippen molar-refractivity contribution in [1.82, 2.24) is 5.32 Å². The number of carbonyl (C=O) groups excluding carboxylic acids is 1. The van der Waals surface area contributed by atoms with Gasteiger partial charge < -0.3 is 15.3 Å². The minimum Gasteiger partial charge on any atom is -0.388 e. The number of rotatable bonds is 8. The topological polar surface area (TPSA) is 52.6 Å². The van der Waals surface area contributed by atoms with Gasteiger partial charge in [0.2, 0.25) is 0 Å². The highest BCUT2D eigenvalue weighted by Crippen LogP contribution is 2.40. The summed E-state index contributed by atoms with van der Waals surface area (Å²) in [5.41, 5.74) is 3.69. The van der Waals surface area contributed by atoms with Gasteiger partial charge in [0.1, 0.15) is 6.61 Å². The Morgan fingerprint density at radius 2 is 1.79 bits per heavy atom. The number of nitrogens with one attached hydrogen (secondary N) is 1. The van der Waals surface area contributed by atoms with E-state index < -0.39 is 6.61 Å². The third-order valence-corrected chi connectivity index (χ3v) is 6.18. The quantitative estimate of drug-likeness (QED) is 0.676. The number of benzene rings is 2. The molecular formula is C25H30N2O2. The average Bonchev–Trinajstić information content (AvgIpc) is 3.57. The van der Waals surface area contributed by atoms with E-state index in [9.17, 15) is 4.79 Å². The molecule has 2 fully saturated rings. The van der Waals surface area contributed by atoms with E-state index in [-0.39, 0.29) is 5.78 Å². The molecule has 0 aromatic heterocycles. The molecule has 1 saturated heterocycles. The van der Waals surface area contributed by atoms with Gasteiger partial charge in [-0.1, -0.05) is 48.5 Å². The van der Waals surface area contributed by atoms with E-state index in [2.05, 4.69) is 52.7 Å². The lowest BCUT2D eigenvalue weighted by Gasteiger charge is -2.34. The highest BCUT2D eigenvalue weighted by Gasteiger charge is 2.38. The number of hydrogen-bond acceptors (Lipinski definition) is 4. The van der Waals surface area contributed by atoms with Gasteiger partial charge in [-0.25, -0.2) is 0 Å². The Hall–Kier alpha value is -2.43. The van der Waals surface area contributed by atoms with Crippen LogP contribution in [0.4, 0.5) is 5.69 Å². The second-order valence-corrected chi connectivity index (χ2v) is 8.25. The third kappa shape index (κ3) is 5.34. The second kappa shape index (κ2) is 9.38. The van der Waals surface area contributed by atoms with Crippen LogP contribution in [0.2, 0.25) is 0 Å². The van der Waals surface area contributed by atoms with Crippen LogP contribution in [0.15, 0.2) is 60.7 Å². The minimum atomic E-state index is -0.438. The standard InChI is InChI=1S/C25H30N2O2/c28-18-23(29)11-8-19-6-9-22(10-7-19)27-14-12-20(13-15-27)17-26-25-16-24(25)21-4-2-1-3-5-21/h1-11,20,24-26,28H,12-18H2/b11-8+. The summed E-state index contributed by atoms with van der Waals surface area (Å²) in [6.07, 6.45) is 6.90. The Kier molecular flexibility index (Phi) is 6.43. The maximum Gasteiger partial charge on any atom is 0.181 e. The smallest absolute Gasteiger partial charge is 0.181 e. The van der Waals surface area contributed by atoms with Crippen molar-refractivity contribution in [2.45, 2.75) is 31.2 Å². The van der Waals surface area contributed by atoms with Crippen LogP contribution in [0.5, 0.6) is 0 Å². The number of carbonyl (C=O) groups is 1. The van der Waals surface area contributed by atoms with Gasteiger partial charge in [-0.3, -0.25) is 4.79 Å². The summed E-state index contributed by atoms with van der Waals surface area (Å²) in [5.74, 6) is 1.19. The van der Waals surface area contributed by atoms with E-state index in [0.29, 0.717) is 12.0 Å². The predicted octanol–water partition coefficient (Wildman–Crippen LogP) is 3.62. The Morgan fingerprint density at radius 1 is 1.07 bits per heavy atom. The SMILES string of the molecule is O=C(/C=C/c1ccc(N2CCC(CNC3CC3c3ccccc3)CC2)cc1)CO. The van der Waals surface area contributed by atoms with Crippen LogP contribution in [0.25, 0.3) is 6.08 Å². The molecular weight excluding hydrogens is 360 g/mol. The van der Waals surface area contributed by atoms with Crippen molar-refractivity contribution in [3.8, 4) is 0 Å². The van der Waals surface area contributed by atoms with Gasteiger partial charge >= 0.3 is 0 Å². The average molecular weight is 391 g/mol. The van der Waals surface area contributed by atoms with Crippen LogP contribution in [0.1, 0.15) is 36.3 Å². The van der Waals surface area contributed by atoms with E-state index in [4.69, 9.17) is 5.11 Å². The number of hydrogen-bond donors (Lipinski definition) is 2. The van der Waals surface area contributed by atoms with E-state index in [1.807, 2.05) is 12.1 Å². The first-order valence-corrected chi connectivity index (χ1v) is 10.7. The van der Waals surface area contributed by atoms with Gasteiger partial charge in [-0.15, -0.1) is 0 Å². The predicted molar refractivity (Wildman–Crippen MR) is 118 cm³/mol. The molecule has 1 heterocycles. The summed E-state index contributed by atoms with van der Waals surface area (Å²) >= 11 is 0. The van der Waals surface area contributed by atoms with E-state index in [0.717, 1.165) is 31.1 Å². The lowest BCUT2D eigenvalue weighted by atomic mass is 9.96. The summed E-state index contributed by atoms with van der Waals surface area (Å²) in [6.45, 7) is 2.88. The van der Waals surface area contributed by atoms with Crippen molar-refractivity contribution >= 4 is 17.5 Å². The molecule has 2 unspecified atom stereocenters. The number of anilines is 1. The monoisotopic (exact) mass is 390 g/mol. The summed E-state index contributed by atoms with van der Waals surface area (Å²) in [4.78, 5) is 13.6. The first-order chi connectivity index (χ1) is 14.2. The van der Waals surface area contributed by atoms with Gasteiger partial charge in [0, 0.05) is 30.7 Å². The fourth-order valence-electron chi connectivity index (χ4n) is 4.24. The Morgan fingerprint density at radius 3 is 2.48 bits per heavy atom. The van der Waals surface area contributed by atoms with E-state index in [1.165, 1.54) is 36.6 Å². The minimum absolute atomic E-state index is 0.272. The first kappa shape index (κ1) is 19.9. The molecule has 0 spiro atoms. The maximum absolute atomic E-state index is 11.2. The lowest BCUT2D eigenvalue weighted by Crippen LogP contribution is -2.37. The van der Waals surface area contributed by atoms with Crippen LogP contribution in [0, 0.1) is 5.92 Å². The normalized spacial score (nSPS) is 22.2. The summed E-state index contributed by atoms with van der Waals surface area (Å²) in [5, 5.41) is 12.6. The lowest BCUT2D eigenvalue weighted by molar-refractivity contribution is -0.117. The van der Waals surface area contributed by atoms with Crippen molar-refractivity contribution in [3.05, 3.63) is 71.8 Å². The van der Waals surface area contributed by atoms with Crippen molar-refractivity contribution in [1.29, 1.82) is 0 Å². The number of nitrogens with zero attached hydrogens (tertiary/aromatic N) is 1. The van der Waals surface area contributed by atoms with Crippen molar-refractivity contribution < 1.29 is 9.90 Å². The van der Waals surface area contributed by atoms with Gasteiger partial charge in [-0.2, -0.15) is 0 Å². The van der Waals surface area contributed by atoms with Gasteiger partial charge in [0.15, 0.2) is 5.78 Å².